The van der Waals surface area contributed by atoms with E-state index in [1.54, 1.807) is 12.1 Å². The smallest absolute Gasteiger partial charge is 0.349 e. The second kappa shape index (κ2) is 11.8. The Hall–Kier alpha value is -4.43. The Kier molecular flexibility index (Phi) is 7.98. The first-order chi connectivity index (χ1) is 19.3. The molecule has 1 atom stereocenters. The van der Waals surface area contributed by atoms with Crippen LogP contribution in [0.4, 0.5) is 0 Å². The van der Waals surface area contributed by atoms with Gasteiger partial charge in [0, 0.05) is 30.0 Å². The molecule has 0 bridgehead atoms. The van der Waals surface area contributed by atoms with Gasteiger partial charge in [-0.15, -0.1) is 0 Å². The molecule has 0 radical (unpaired) electrons. The molecule has 2 heterocycles. The average molecular weight is 542 g/mol. The van der Waals surface area contributed by atoms with Crippen molar-refractivity contribution in [3.63, 3.8) is 0 Å². The van der Waals surface area contributed by atoms with E-state index in [-0.39, 0.29) is 35.0 Å². The Balaban J connectivity index is 1.17. The van der Waals surface area contributed by atoms with Crippen molar-refractivity contribution in [3.8, 4) is 11.5 Å². The average Bonchev–Trinajstić information content (AvgIpc) is 3.49. The summed E-state index contributed by atoms with van der Waals surface area (Å²) < 4.78 is 21.8. The first kappa shape index (κ1) is 27.1. The van der Waals surface area contributed by atoms with Gasteiger partial charge < -0.3 is 23.9 Å². The summed E-state index contributed by atoms with van der Waals surface area (Å²) in [6.45, 7) is 5.03. The van der Waals surface area contributed by atoms with Gasteiger partial charge in [-0.25, -0.2) is 9.59 Å². The highest BCUT2D eigenvalue weighted by Gasteiger charge is 2.23. The van der Waals surface area contributed by atoms with Gasteiger partial charge in [-0.05, 0) is 54.3 Å². The first-order valence-electron chi connectivity index (χ1n) is 13.3. The summed E-state index contributed by atoms with van der Waals surface area (Å²) in [7, 11) is 0. The van der Waals surface area contributed by atoms with E-state index >= 15 is 0 Å². The lowest BCUT2D eigenvalue weighted by Gasteiger charge is -2.26. The number of nitrogens with one attached hydrogen (secondary N) is 1. The Morgan fingerprint density at radius 3 is 2.40 bits per heavy atom. The van der Waals surface area contributed by atoms with Crippen molar-refractivity contribution < 1.29 is 28.2 Å². The molecule has 8 nitrogen and oxygen atoms in total. The van der Waals surface area contributed by atoms with E-state index in [1.807, 2.05) is 42.5 Å². The van der Waals surface area contributed by atoms with Gasteiger partial charge in [0.1, 0.15) is 22.6 Å². The van der Waals surface area contributed by atoms with E-state index in [4.69, 9.17) is 18.6 Å². The van der Waals surface area contributed by atoms with Gasteiger partial charge in [0.15, 0.2) is 6.61 Å². The molecule has 1 unspecified atom stereocenters. The highest BCUT2D eigenvalue weighted by molar-refractivity contribution is 5.96. The fourth-order valence-corrected chi connectivity index (χ4v) is 4.71. The zero-order valence-corrected chi connectivity index (χ0v) is 22.5. The summed E-state index contributed by atoms with van der Waals surface area (Å²) in [6.07, 6.45) is 1.79. The van der Waals surface area contributed by atoms with Crippen molar-refractivity contribution in [1.82, 2.24) is 5.32 Å². The molecule has 3 aromatic carbocycles. The third-order valence-electron chi connectivity index (χ3n) is 7.13. The molecule has 1 saturated heterocycles. The van der Waals surface area contributed by atoms with E-state index in [1.165, 1.54) is 17.7 Å². The van der Waals surface area contributed by atoms with Crippen LogP contribution in [-0.2, 0) is 14.9 Å². The van der Waals surface area contributed by atoms with Crippen LogP contribution in [0.5, 0.6) is 11.5 Å². The Morgan fingerprint density at radius 1 is 0.950 bits per heavy atom. The molecule has 8 heteroatoms. The van der Waals surface area contributed by atoms with Crippen LogP contribution in [0.2, 0.25) is 0 Å². The van der Waals surface area contributed by atoms with Crippen molar-refractivity contribution in [3.05, 3.63) is 106 Å². The second-order valence-corrected chi connectivity index (χ2v) is 10.3. The number of rotatable bonds is 9. The summed E-state index contributed by atoms with van der Waals surface area (Å²) >= 11 is 0. The number of ether oxygens (including phenoxy) is 3. The molecule has 206 valence electrons. The molecule has 0 aliphatic carbocycles. The zero-order valence-electron chi connectivity index (χ0n) is 22.5. The number of benzene rings is 3. The van der Waals surface area contributed by atoms with E-state index in [0.29, 0.717) is 24.3 Å². The molecule has 1 fully saturated rings. The molecule has 40 heavy (non-hydrogen) atoms. The predicted molar refractivity (Wildman–Crippen MR) is 150 cm³/mol. The van der Waals surface area contributed by atoms with E-state index < -0.39 is 17.5 Å². The van der Waals surface area contributed by atoms with Crippen LogP contribution in [0.15, 0.2) is 88.1 Å². The Morgan fingerprint density at radius 2 is 1.68 bits per heavy atom. The molecular weight excluding hydrogens is 510 g/mol. The number of carbonyl (C=O) groups is 2. The molecule has 1 aliphatic rings. The quantitative estimate of drug-likeness (QED) is 0.180. The summed E-state index contributed by atoms with van der Waals surface area (Å²) in [4.78, 5) is 37.4. The Labute approximate surface area is 231 Å². The molecule has 5 rings (SSSR count). The number of hydrogen-bond acceptors (Lipinski definition) is 7. The molecule has 1 aromatic heterocycles. The van der Waals surface area contributed by atoms with Gasteiger partial charge in [0.05, 0.1) is 6.10 Å². The van der Waals surface area contributed by atoms with E-state index in [9.17, 15) is 14.4 Å². The van der Waals surface area contributed by atoms with Gasteiger partial charge in [-0.1, -0.05) is 56.3 Å². The maximum Gasteiger partial charge on any atom is 0.349 e. The fourth-order valence-electron chi connectivity index (χ4n) is 4.71. The number of hydrogen-bond donors (Lipinski definition) is 1. The molecule has 0 spiro atoms. The van der Waals surface area contributed by atoms with Crippen LogP contribution < -0.4 is 20.4 Å². The van der Waals surface area contributed by atoms with Crippen LogP contribution in [0.1, 0.15) is 48.2 Å². The maximum atomic E-state index is 12.5. The lowest BCUT2D eigenvalue weighted by Crippen LogP contribution is -2.34. The minimum Gasteiger partial charge on any atom is -0.482 e. The normalized spacial score (nSPS) is 15.1. The van der Waals surface area contributed by atoms with Gasteiger partial charge in [0.2, 0.25) is 0 Å². The molecule has 1 aliphatic heterocycles. The fraction of sp³-hybridized carbons (Fsp3) is 0.281. The monoisotopic (exact) mass is 541 g/mol. The van der Waals surface area contributed by atoms with Crippen molar-refractivity contribution in [2.45, 2.75) is 38.2 Å². The number of amides is 1. The van der Waals surface area contributed by atoms with Crippen LogP contribution >= 0.6 is 0 Å². The topological polar surface area (TPSA) is 104 Å². The predicted octanol–water partition coefficient (Wildman–Crippen LogP) is 5.01. The minimum absolute atomic E-state index is 0.0381. The van der Waals surface area contributed by atoms with Crippen LogP contribution in [-0.4, -0.2) is 37.7 Å². The zero-order chi connectivity index (χ0) is 28.1. The molecule has 1 N–H and O–H groups in total. The highest BCUT2D eigenvalue weighted by Crippen LogP contribution is 2.32. The van der Waals surface area contributed by atoms with Gasteiger partial charge >= 0.3 is 11.6 Å². The van der Waals surface area contributed by atoms with Gasteiger partial charge in [0.25, 0.3) is 5.91 Å². The van der Waals surface area contributed by atoms with Gasteiger partial charge in [-0.3, -0.25) is 4.79 Å². The standard InChI is InChI=1S/C32H31NO7/c1-32(2,22-7-4-3-5-8-22)23-11-14-24(15-12-23)38-20-29(34)39-25-13-10-21-17-27(31(36)40-28(21)18-25)30(35)33-19-26-9-6-16-37-26/h3-5,7-8,10-15,17-18,26H,6,9,16,19-20H2,1-2H3,(H,33,35). The van der Waals surface area contributed by atoms with Crippen LogP contribution in [0, 0.1) is 0 Å². The van der Waals surface area contributed by atoms with Crippen LogP contribution in [0.3, 0.4) is 0 Å². The summed E-state index contributed by atoms with van der Waals surface area (Å²) in [5, 5.41) is 3.25. The molecule has 4 aromatic rings. The molecule has 0 saturated carbocycles. The second-order valence-electron chi connectivity index (χ2n) is 10.3. The van der Waals surface area contributed by atoms with E-state index in [2.05, 4.69) is 31.3 Å². The van der Waals surface area contributed by atoms with Gasteiger partial charge in [-0.2, -0.15) is 0 Å². The summed E-state index contributed by atoms with van der Waals surface area (Å²) in [6, 6.07) is 23.9. The lowest BCUT2D eigenvalue weighted by molar-refractivity contribution is -0.136. The highest BCUT2D eigenvalue weighted by atomic mass is 16.6. The summed E-state index contributed by atoms with van der Waals surface area (Å²) in [5.74, 6) is -0.393. The Bertz CT molecular complexity index is 1550. The van der Waals surface area contributed by atoms with E-state index in [0.717, 1.165) is 18.4 Å². The van der Waals surface area contributed by atoms with Crippen LogP contribution in [0.25, 0.3) is 11.0 Å². The first-order valence-corrected chi connectivity index (χ1v) is 13.3. The van der Waals surface area contributed by atoms with Crippen molar-refractivity contribution >= 4 is 22.8 Å². The number of fused-ring (bicyclic) bond motifs is 1. The third kappa shape index (κ3) is 6.24. The minimum atomic E-state index is -0.775. The largest absolute Gasteiger partial charge is 0.482 e. The third-order valence-corrected chi connectivity index (χ3v) is 7.13. The number of esters is 1. The van der Waals surface area contributed by atoms with Crippen molar-refractivity contribution in [2.24, 2.45) is 0 Å². The SMILES string of the molecule is CC(C)(c1ccccc1)c1ccc(OCC(=O)Oc2ccc3cc(C(=O)NCC4CCCO4)c(=O)oc3c2)cc1. The molecular formula is C32H31NO7. The van der Waals surface area contributed by atoms with Crippen molar-refractivity contribution in [2.75, 3.05) is 19.8 Å². The maximum absolute atomic E-state index is 12.5. The molecule has 1 amide bonds. The number of carbonyl (C=O) groups excluding carboxylic acids is 2. The lowest BCUT2D eigenvalue weighted by atomic mass is 9.78. The van der Waals surface area contributed by atoms with Crippen molar-refractivity contribution in [1.29, 1.82) is 0 Å². The summed E-state index contributed by atoms with van der Waals surface area (Å²) in [5.41, 5.74) is 1.47.